The Morgan fingerprint density at radius 1 is 1.00 bits per heavy atom. The summed E-state index contributed by atoms with van der Waals surface area (Å²) < 4.78 is 6.66. The Labute approximate surface area is 239 Å². The van der Waals surface area contributed by atoms with Crippen molar-refractivity contribution in [2.45, 2.75) is 31.3 Å². The predicted molar refractivity (Wildman–Crippen MR) is 152 cm³/mol. The van der Waals surface area contributed by atoms with Crippen LogP contribution in [0, 0.1) is 0 Å². The average Bonchev–Trinajstić information content (AvgIpc) is 3.35. The summed E-state index contributed by atoms with van der Waals surface area (Å²) in [5.41, 5.74) is 3.80. The molecule has 0 aliphatic carbocycles. The number of hydrogen-bond acceptors (Lipinski definition) is 7. The standard InChI is InChI=1S/C27H25Cl2N5O4S/c1-27(2,3)18-7-11-23(21(29)13-18)34-26(31-32-33-34)39-15-24(35)30-22-10-6-17(12-20(22)28)16-4-8-19(9-5-16)38-14-25(36)37/h4-13H,14-15H2,1-3H3,(H,30,35)(H,36,37). The summed E-state index contributed by atoms with van der Waals surface area (Å²) in [6.07, 6.45) is 0. The second kappa shape index (κ2) is 12.1. The number of nitrogens with zero attached hydrogens (tertiary/aromatic N) is 4. The number of thioether (sulfide) groups is 1. The summed E-state index contributed by atoms with van der Waals surface area (Å²) in [6, 6.07) is 18.0. The van der Waals surface area contributed by atoms with Crippen molar-refractivity contribution in [3.8, 4) is 22.6 Å². The van der Waals surface area contributed by atoms with Gasteiger partial charge in [-0.05, 0) is 68.9 Å². The minimum atomic E-state index is -1.05. The number of amides is 1. The van der Waals surface area contributed by atoms with Gasteiger partial charge in [0.05, 0.1) is 27.2 Å². The van der Waals surface area contributed by atoms with Gasteiger partial charge in [-0.2, -0.15) is 4.68 Å². The predicted octanol–water partition coefficient (Wildman–Crippen LogP) is 6.13. The van der Waals surface area contributed by atoms with Crippen LogP contribution in [0.3, 0.4) is 0 Å². The molecule has 0 aliphatic heterocycles. The molecule has 12 heteroatoms. The molecule has 0 aliphatic rings. The van der Waals surface area contributed by atoms with E-state index in [0.717, 1.165) is 16.7 Å². The lowest BCUT2D eigenvalue weighted by atomic mass is 9.87. The number of aromatic nitrogens is 4. The number of aliphatic carboxylic acids is 1. The van der Waals surface area contributed by atoms with Gasteiger partial charge in [-0.1, -0.05) is 80.0 Å². The van der Waals surface area contributed by atoms with Gasteiger partial charge in [-0.15, -0.1) is 5.10 Å². The molecule has 0 radical (unpaired) electrons. The van der Waals surface area contributed by atoms with Gasteiger partial charge in [-0.3, -0.25) is 4.79 Å². The molecule has 2 N–H and O–H groups in total. The summed E-state index contributed by atoms with van der Waals surface area (Å²) >= 11 is 14.1. The van der Waals surface area contributed by atoms with Crippen LogP contribution in [0.4, 0.5) is 5.69 Å². The molecule has 0 saturated carbocycles. The molecule has 0 spiro atoms. The Bertz CT molecular complexity index is 1500. The van der Waals surface area contributed by atoms with Gasteiger partial charge in [0.1, 0.15) is 5.75 Å². The van der Waals surface area contributed by atoms with E-state index < -0.39 is 12.6 Å². The van der Waals surface area contributed by atoms with Crippen LogP contribution in [0.1, 0.15) is 26.3 Å². The molecule has 0 unspecified atom stereocenters. The lowest BCUT2D eigenvalue weighted by Crippen LogP contribution is -2.15. The Balaban J connectivity index is 1.38. The lowest BCUT2D eigenvalue weighted by Gasteiger charge is -2.20. The van der Waals surface area contributed by atoms with Crippen LogP contribution in [-0.4, -0.2) is 49.6 Å². The fourth-order valence-electron chi connectivity index (χ4n) is 3.57. The number of carboxylic acids is 1. The number of tetrazole rings is 1. The van der Waals surface area contributed by atoms with Crippen molar-refractivity contribution in [3.05, 3.63) is 76.3 Å². The highest BCUT2D eigenvalue weighted by Gasteiger charge is 2.18. The number of hydrogen-bond donors (Lipinski definition) is 2. The molecule has 4 rings (SSSR count). The minimum absolute atomic E-state index is 0.0496. The van der Waals surface area contributed by atoms with Gasteiger partial charge in [-0.25, -0.2) is 4.79 Å². The Hall–Kier alpha value is -3.60. The summed E-state index contributed by atoms with van der Waals surface area (Å²) in [5, 5.41) is 24.7. The second-order valence-electron chi connectivity index (χ2n) is 9.53. The van der Waals surface area contributed by atoms with Gasteiger partial charge in [0.2, 0.25) is 11.1 Å². The maximum Gasteiger partial charge on any atom is 0.341 e. The average molecular weight is 587 g/mol. The highest BCUT2D eigenvalue weighted by Crippen LogP contribution is 2.32. The van der Waals surface area contributed by atoms with Gasteiger partial charge < -0.3 is 15.2 Å². The number of carbonyl (C=O) groups is 2. The number of carboxylic acid groups (broad SMARTS) is 1. The van der Waals surface area contributed by atoms with E-state index >= 15 is 0 Å². The molecule has 1 heterocycles. The van der Waals surface area contributed by atoms with Crippen LogP contribution in [0.5, 0.6) is 5.75 Å². The van der Waals surface area contributed by atoms with E-state index in [2.05, 4.69) is 41.6 Å². The Morgan fingerprint density at radius 3 is 2.36 bits per heavy atom. The Kier molecular flexibility index (Phi) is 8.79. The van der Waals surface area contributed by atoms with E-state index in [1.54, 1.807) is 36.4 Å². The SMILES string of the molecule is CC(C)(C)c1ccc(-n2nnnc2SCC(=O)Nc2ccc(-c3ccc(OCC(=O)O)cc3)cc2Cl)c(Cl)c1. The third kappa shape index (κ3) is 7.29. The van der Waals surface area contributed by atoms with Crippen molar-refractivity contribution < 1.29 is 19.4 Å². The van der Waals surface area contributed by atoms with Crippen LogP contribution in [0.25, 0.3) is 16.8 Å². The zero-order chi connectivity index (χ0) is 28.2. The van der Waals surface area contributed by atoms with Crippen LogP contribution in [0.15, 0.2) is 65.8 Å². The van der Waals surface area contributed by atoms with E-state index in [4.69, 9.17) is 33.0 Å². The van der Waals surface area contributed by atoms with E-state index in [1.165, 1.54) is 16.4 Å². The van der Waals surface area contributed by atoms with Gasteiger partial charge in [0.25, 0.3) is 0 Å². The summed E-state index contributed by atoms with van der Waals surface area (Å²) in [5.74, 6) is -0.827. The number of carbonyl (C=O) groups excluding carboxylic acids is 1. The van der Waals surface area contributed by atoms with Crippen molar-refractivity contribution in [2.24, 2.45) is 0 Å². The van der Waals surface area contributed by atoms with E-state index in [0.29, 0.717) is 32.3 Å². The van der Waals surface area contributed by atoms with Crippen molar-refractivity contribution in [2.75, 3.05) is 17.7 Å². The van der Waals surface area contributed by atoms with Gasteiger partial charge >= 0.3 is 5.97 Å². The molecule has 202 valence electrons. The van der Waals surface area contributed by atoms with Gasteiger partial charge in [0, 0.05) is 0 Å². The highest BCUT2D eigenvalue weighted by molar-refractivity contribution is 7.99. The third-order valence-electron chi connectivity index (χ3n) is 5.61. The second-order valence-corrected chi connectivity index (χ2v) is 11.3. The maximum atomic E-state index is 12.7. The van der Waals surface area contributed by atoms with E-state index in [1.807, 2.05) is 24.3 Å². The first-order valence-electron chi connectivity index (χ1n) is 11.8. The highest BCUT2D eigenvalue weighted by atomic mass is 35.5. The molecule has 0 fully saturated rings. The quantitative estimate of drug-likeness (QED) is 0.225. The largest absolute Gasteiger partial charge is 0.482 e. The molecule has 0 atom stereocenters. The number of anilines is 1. The topological polar surface area (TPSA) is 119 Å². The zero-order valence-corrected chi connectivity index (χ0v) is 23.6. The van der Waals surface area contributed by atoms with Crippen molar-refractivity contribution in [3.63, 3.8) is 0 Å². The molecule has 1 amide bonds. The number of halogens is 2. The zero-order valence-electron chi connectivity index (χ0n) is 21.3. The van der Waals surface area contributed by atoms with E-state index in [9.17, 15) is 9.59 Å². The number of ether oxygens (including phenoxy) is 1. The first-order valence-corrected chi connectivity index (χ1v) is 13.5. The molecule has 1 aromatic heterocycles. The summed E-state index contributed by atoms with van der Waals surface area (Å²) in [6.45, 7) is 5.90. The fourth-order valence-corrected chi connectivity index (χ4v) is 4.74. The van der Waals surface area contributed by atoms with Crippen LogP contribution in [-0.2, 0) is 15.0 Å². The molecule has 9 nitrogen and oxygen atoms in total. The number of benzene rings is 3. The van der Waals surface area contributed by atoms with Crippen LogP contribution in [0.2, 0.25) is 10.0 Å². The molecular weight excluding hydrogens is 561 g/mol. The minimum Gasteiger partial charge on any atom is -0.482 e. The monoisotopic (exact) mass is 585 g/mol. The smallest absolute Gasteiger partial charge is 0.341 e. The van der Waals surface area contributed by atoms with Gasteiger partial charge in [0.15, 0.2) is 6.61 Å². The molecule has 0 bridgehead atoms. The fraction of sp³-hybridized carbons (Fsp3) is 0.222. The molecular formula is C27H25Cl2N5O4S. The summed E-state index contributed by atoms with van der Waals surface area (Å²) in [7, 11) is 0. The third-order valence-corrected chi connectivity index (χ3v) is 7.14. The normalized spacial score (nSPS) is 11.3. The van der Waals surface area contributed by atoms with E-state index in [-0.39, 0.29) is 17.1 Å². The van der Waals surface area contributed by atoms with Crippen molar-refractivity contribution >= 4 is 52.5 Å². The molecule has 39 heavy (non-hydrogen) atoms. The van der Waals surface area contributed by atoms with Crippen LogP contribution < -0.4 is 10.1 Å². The molecule has 0 saturated heterocycles. The molecule has 4 aromatic rings. The number of rotatable bonds is 9. The van der Waals surface area contributed by atoms with Crippen molar-refractivity contribution in [1.29, 1.82) is 0 Å². The van der Waals surface area contributed by atoms with Crippen LogP contribution >= 0.6 is 35.0 Å². The summed E-state index contributed by atoms with van der Waals surface area (Å²) in [4.78, 5) is 23.3. The van der Waals surface area contributed by atoms with Crippen molar-refractivity contribution in [1.82, 2.24) is 20.2 Å². The first-order chi connectivity index (χ1) is 18.5. The Morgan fingerprint density at radius 2 is 1.72 bits per heavy atom. The lowest BCUT2D eigenvalue weighted by molar-refractivity contribution is -0.139. The maximum absolute atomic E-state index is 12.7. The molecule has 3 aromatic carbocycles. The first kappa shape index (κ1) is 28.4. The number of nitrogens with one attached hydrogen (secondary N) is 1.